The van der Waals surface area contributed by atoms with Crippen LogP contribution in [0.1, 0.15) is 41.6 Å². The molecule has 2 aromatic carbocycles. The summed E-state index contributed by atoms with van der Waals surface area (Å²) >= 11 is 0. The minimum atomic E-state index is -0.868. The molecule has 0 radical (unpaired) electrons. The molecule has 1 fully saturated rings. The van der Waals surface area contributed by atoms with Crippen molar-refractivity contribution in [3.8, 4) is 5.75 Å². The number of para-hydroxylation sites is 1. The Morgan fingerprint density at radius 1 is 1.04 bits per heavy atom. The van der Waals surface area contributed by atoms with Gasteiger partial charge in [0.1, 0.15) is 5.75 Å². The Kier molecular flexibility index (Phi) is 6.47. The number of ether oxygens (including phenoxy) is 1. The Hall–Kier alpha value is -2.82. The average molecular weight is 367 g/mol. The van der Waals surface area contributed by atoms with E-state index >= 15 is 0 Å². The van der Waals surface area contributed by atoms with Gasteiger partial charge in [0.2, 0.25) is 0 Å². The molecule has 5 nitrogen and oxygen atoms in total. The molecule has 0 aliphatic carbocycles. The van der Waals surface area contributed by atoms with E-state index in [1.54, 1.807) is 17.0 Å². The molecule has 1 aliphatic rings. The number of carboxylic acids is 1. The lowest BCUT2D eigenvalue weighted by Gasteiger charge is -2.35. The van der Waals surface area contributed by atoms with E-state index in [0.29, 0.717) is 24.5 Å². The van der Waals surface area contributed by atoms with Crippen molar-refractivity contribution in [2.75, 3.05) is 13.2 Å². The summed E-state index contributed by atoms with van der Waals surface area (Å²) in [6, 6.07) is 17.0. The van der Waals surface area contributed by atoms with Crippen LogP contribution >= 0.6 is 0 Å². The molecule has 1 heterocycles. The van der Waals surface area contributed by atoms with E-state index < -0.39 is 5.97 Å². The number of nitrogens with zero attached hydrogens (tertiary/aromatic N) is 1. The summed E-state index contributed by atoms with van der Waals surface area (Å²) in [5.41, 5.74) is 1.68. The van der Waals surface area contributed by atoms with Gasteiger partial charge in [-0.3, -0.25) is 9.59 Å². The van der Waals surface area contributed by atoms with Crippen molar-refractivity contribution in [2.45, 2.75) is 38.1 Å². The number of likely N-dealkylation sites (tertiary alicyclic amines) is 1. The molecule has 1 N–H and O–H groups in total. The quantitative estimate of drug-likeness (QED) is 0.809. The smallest absolute Gasteiger partial charge is 0.305 e. The standard InChI is InChI=1S/C22H25NO4/c24-21(25)16-18-10-6-7-14-23(18)22(26)19-11-4-5-12-20(19)27-15-13-17-8-2-1-3-9-17/h1-5,8-9,11-12,18H,6-7,10,13-16H2,(H,24,25). The summed E-state index contributed by atoms with van der Waals surface area (Å²) in [7, 11) is 0. The van der Waals surface area contributed by atoms with E-state index in [9.17, 15) is 9.59 Å². The summed E-state index contributed by atoms with van der Waals surface area (Å²) in [6.07, 6.45) is 3.34. The van der Waals surface area contributed by atoms with Gasteiger partial charge in [-0.2, -0.15) is 0 Å². The molecule has 2 aromatic rings. The van der Waals surface area contributed by atoms with Crippen molar-refractivity contribution in [3.63, 3.8) is 0 Å². The Morgan fingerprint density at radius 3 is 2.56 bits per heavy atom. The molecule has 0 spiro atoms. The number of hydrogen-bond donors (Lipinski definition) is 1. The molecule has 1 atom stereocenters. The minimum Gasteiger partial charge on any atom is -0.492 e. The first kappa shape index (κ1) is 19.0. The Bertz CT molecular complexity index is 775. The molecule has 3 rings (SSSR count). The SMILES string of the molecule is O=C(O)CC1CCCCN1C(=O)c1ccccc1OCCc1ccccc1. The van der Waals surface area contributed by atoms with Crippen LogP contribution < -0.4 is 4.74 Å². The fraction of sp³-hybridized carbons (Fsp3) is 0.364. The van der Waals surface area contributed by atoms with E-state index in [-0.39, 0.29) is 18.4 Å². The van der Waals surface area contributed by atoms with Gasteiger partial charge in [-0.25, -0.2) is 0 Å². The minimum absolute atomic E-state index is 0.0111. The molecule has 142 valence electrons. The lowest BCUT2D eigenvalue weighted by molar-refractivity contribution is -0.138. The van der Waals surface area contributed by atoms with Crippen LogP contribution in [-0.2, 0) is 11.2 Å². The fourth-order valence-corrected chi connectivity index (χ4v) is 3.53. The fourth-order valence-electron chi connectivity index (χ4n) is 3.53. The van der Waals surface area contributed by atoms with Gasteiger partial charge in [-0.1, -0.05) is 42.5 Å². The number of benzene rings is 2. The second kappa shape index (κ2) is 9.21. The predicted molar refractivity (Wildman–Crippen MR) is 103 cm³/mol. The van der Waals surface area contributed by atoms with E-state index in [2.05, 4.69) is 0 Å². The molecule has 1 amide bonds. The zero-order valence-corrected chi connectivity index (χ0v) is 15.3. The average Bonchev–Trinajstić information content (AvgIpc) is 2.69. The summed E-state index contributed by atoms with van der Waals surface area (Å²) < 4.78 is 5.91. The van der Waals surface area contributed by atoms with Crippen LogP contribution in [-0.4, -0.2) is 41.1 Å². The van der Waals surface area contributed by atoms with Gasteiger partial charge in [0.05, 0.1) is 18.6 Å². The maximum atomic E-state index is 13.1. The highest BCUT2D eigenvalue weighted by Crippen LogP contribution is 2.26. The van der Waals surface area contributed by atoms with Crippen LogP contribution in [0, 0.1) is 0 Å². The highest BCUT2D eigenvalue weighted by Gasteiger charge is 2.30. The van der Waals surface area contributed by atoms with Crippen LogP contribution in [0.2, 0.25) is 0 Å². The topological polar surface area (TPSA) is 66.8 Å². The van der Waals surface area contributed by atoms with Gasteiger partial charge in [0, 0.05) is 19.0 Å². The van der Waals surface area contributed by atoms with Crippen LogP contribution in [0.4, 0.5) is 0 Å². The first-order valence-electron chi connectivity index (χ1n) is 9.43. The molecule has 0 aromatic heterocycles. The van der Waals surface area contributed by atoms with E-state index in [1.807, 2.05) is 42.5 Å². The van der Waals surface area contributed by atoms with E-state index in [1.165, 1.54) is 5.56 Å². The van der Waals surface area contributed by atoms with Gasteiger partial charge in [-0.15, -0.1) is 0 Å². The molecule has 1 saturated heterocycles. The third kappa shape index (κ3) is 5.09. The number of carbonyl (C=O) groups excluding carboxylic acids is 1. The first-order valence-corrected chi connectivity index (χ1v) is 9.43. The molecule has 0 bridgehead atoms. The van der Waals surface area contributed by atoms with Crippen LogP contribution in [0.25, 0.3) is 0 Å². The highest BCUT2D eigenvalue weighted by atomic mass is 16.5. The first-order chi connectivity index (χ1) is 13.1. The number of aliphatic carboxylic acids is 1. The van der Waals surface area contributed by atoms with Gasteiger partial charge < -0.3 is 14.7 Å². The van der Waals surface area contributed by atoms with Crippen molar-refractivity contribution in [2.24, 2.45) is 0 Å². The second-order valence-electron chi connectivity index (χ2n) is 6.83. The van der Waals surface area contributed by atoms with E-state index in [0.717, 1.165) is 25.7 Å². The zero-order valence-electron chi connectivity index (χ0n) is 15.3. The highest BCUT2D eigenvalue weighted by molar-refractivity contribution is 5.97. The van der Waals surface area contributed by atoms with Crippen molar-refractivity contribution >= 4 is 11.9 Å². The Morgan fingerprint density at radius 2 is 1.78 bits per heavy atom. The van der Waals surface area contributed by atoms with Gasteiger partial charge in [0.25, 0.3) is 5.91 Å². The summed E-state index contributed by atoms with van der Waals surface area (Å²) in [5, 5.41) is 9.15. The van der Waals surface area contributed by atoms with Crippen LogP contribution in [0.5, 0.6) is 5.75 Å². The predicted octanol–water partition coefficient (Wildman–Crippen LogP) is 3.78. The largest absolute Gasteiger partial charge is 0.492 e. The molecule has 1 aliphatic heterocycles. The second-order valence-corrected chi connectivity index (χ2v) is 6.83. The normalized spacial score (nSPS) is 16.7. The van der Waals surface area contributed by atoms with Crippen molar-refractivity contribution in [3.05, 3.63) is 65.7 Å². The van der Waals surface area contributed by atoms with Crippen molar-refractivity contribution in [1.82, 2.24) is 4.90 Å². The number of carboxylic acid groups (broad SMARTS) is 1. The molecule has 0 saturated carbocycles. The molecule has 5 heteroatoms. The number of carbonyl (C=O) groups is 2. The number of amides is 1. The van der Waals surface area contributed by atoms with Crippen molar-refractivity contribution < 1.29 is 19.4 Å². The monoisotopic (exact) mass is 367 g/mol. The number of piperidine rings is 1. The number of hydrogen-bond acceptors (Lipinski definition) is 3. The summed E-state index contributed by atoms with van der Waals surface area (Å²) in [4.78, 5) is 26.0. The maximum absolute atomic E-state index is 13.1. The van der Waals surface area contributed by atoms with Crippen LogP contribution in [0.3, 0.4) is 0 Å². The van der Waals surface area contributed by atoms with Crippen molar-refractivity contribution in [1.29, 1.82) is 0 Å². The molecule has 27 heavy (non-hydrogen) atoms. The lowest BCUT2D eigenvalue weighted by Crippen LogP contribution is -2.44. The summed E-state index contributed by atoms with van der Waals surface area (Å²) in [6.45, 7) is 1.07. The van der Waals surface area contributed by atoms with E-state index in [4.69, 9.17) is 9.84 Å². The zero-order chi connectivity index (χ0) is 19.1. The Labute approximate surface area is 159 Å². The number of rotatable bonds is 7. The maximum Gasteiger partial charge on any atom is 0.305 e. The Balaban J connectivity index is 1.70. The van der Waals surface area contributed by atoms with Gasteiger partial charge >= 0.3 is 5.97 Å². The van der Waals surface area contributed by atoms with Gasteiger partial charge in [-0.05, 0) is 37.0 Å². The van der Waals surface area contributed by atoms with Gasteiger partial charge in [0.15, 0.2) is 0 Å². The molecular weight excluding hydrogens is 342 g/mol. The van der Waals surface area contributed by atoms with Crippen LogP contribution in [0.15, 0.2) is 54.6 Å². The third-order valence-corrected chi connectivity index (χ3v) is 4.91. The lowest BCUT2D eigenvalue weighted by atomic mass is 9.98. The molecule has 1 unspecified atom stereocenters. The third-order valence-electron chi connectivity index (χ3n) is 4.91. The summed E-state index contributed by atoms with van der Waals surface area (Å²) in [5.74, 6) is -0.457. The molecular formula is C22H25NO4.